The van der Waals surface area contributed by atoms with Crippen LogP contribution in [0.3, 0.4) is 0 Å². The molecule has 0 spiro atoms. The van der Waals surface area contributed by atoms with Crippen molar-refractivity contribution in [2.75, 3.05) is 36.5 Å². The van der Waals surface area contributed by atoms with Crippen molar-refractivity contribution in [3.63, 3.8) is 0 Å². The van der Waals surface area contributed by atoms with Crippen LogP contribution in [0.15, 0.2) is 36.7 Å². The highest BCUT2D eigenvalue weighted by molar-refractivity contribution is 5.91. The minimum atomic E-state index is -5.07. The number of nitrogens with one attached hydrogen (secondary N) is 1. The zero-order valence-corrected chi connectivity index (χ0v) is 15.2. The van der Waals surface area contributed by atoms with E-state index in [1.54, 1.807) is 24.3 Å². The molecule has 7 nitrogen and oxygen atoms in total. The second kappa shape index (κ2) is 7.80. The number of carbonyl (C=O) groups is 1. The first-order valence-electron chi connectivity index (χ1n) is 8.70. The highest BCUT2D eigenvalue weighted by Crippen LogP contribution is 2.40. The maximum Gasteiger partial charge on any atom is 0.425 e. The Morgan fingerprint density at radius 1 is 1.25 bits per heavy atom. The molecule has 1 aliphatic rings. The summed E-state index contributed by atoms with van der Waals surface area (Å²) in [6, 6.07) is 6.76. The third-order valence-corrected chi connectivity index (χ3v) is 4.60. The minimum absolute atomic E-state index is 0.339. The fourth-order valence-electron chi connectivity index (χ4n) is 3.08. The molecule has 28 heavy (non-hydrogen) atoms. The summed E-state index contributed by atoms with van der Waals surface area (Å²) in [6.07, 6.45) is -3.86. The molecule has 3 rings (SSSR count). The van der Waals surface area contributed by atoms with Gasteiger partial charge in [-0.15, -0.1) is 0 Å². The fourth-order valence-corrected chi connectivity index (χ4v) is 3.08. The molecule has 1 amide bonds. The number of hydrogen-bond acceptors (Lipinski definition) is 5. The monoisotopic (exact) mass is 398 g/mol. The van der Waals surface area contributed by atoms with E-state index in [4.69, 9.17) is 4.74 Å². The van der Waals surface area contributed by atoms with Gasteiger partial charge >= 0.3 is 6.18 Å². The molecule has 2 aromatic rings. The van der Waals surface area contributed by atoms with E-state index in [1.807, 2.05) is 0 Å². The molecule has 0 aliphatic carbocycles. The number of benzene rings is 1. The summed E-state index contributed by atoms with van der Waals surface area (Å²) in [5.41, 5.74) is -2.12. The highest BCUT2D eigenvalue weighted by atomic mass is 19.4. The summed E-state index contributed by atoms with van der Waals surface area (Å²) in [6.45, 7) is 2.74. The molecule has 1 atom stereocenters. The molecule has 1 aromatic heterocycles. The van der Waals surface area contributed by atoms with Crippen LogP contribution in [0, 0.1) is 0 Å². The van der Waals surface area contributed by atoms with Gasteiger partial charge in [-0.1, -0.05) is 0 Å². The SMILES string of the molecule is Cn1ccnc1C(O)(CC(=O)Nc1ccc(N2CCOCC2)cc1)C(F)(F)F. The normalized spacial score (nSPS) is 17.2. The lowest BCUT2D eigenvalue weighted by atomic mass is 9.97. The second-order valence-electron chi connectivity index (χ2n) is 6.59. The van der Waals surface area contributed by atoms with Gasteiger partial charge in [0.2, 0.25) is 11.5 Å². The lowest BCUT2D eigenvalue weighted by molar-refractivity contribution is -0.270. The van der Waals surface area contributed by atoms with Gasteiger partial charge in [-0.25, -0.2) is 4.98 Å². The Morgan fingerprint density at radius 3 is 2.43 bits per heavy atom. The molecule has 1 aromatic carbocycles. The Labute approximate surface area is 159 Å². The predicted molar refractivity (Wildman–Crippen MR) is 95.9 cm³/mol. The highest BCUT2D eigenvalue weighted by Gasteiger charge is 2.58. The molecule has 152 valence electrons. The zero-order valence-electron chi connectivity index (χ0n) is 15.2. The molecule has 1 unspecified atom stereocenters. The van der Waals surface area contributed by atoms with E-state index in [1.165, 1.54) is 13.2 Å². The summed E-state index contributed by atoms with van der Waals surface area (Å²) in [5, 5.41) is 12.7. The van der Waals surface area contributed by atoms with E-state index in [0.29, 0.717) is 18.9 Å². The number of morpholine rings is 1. The van der Waals surface area contributed by atoms with Gasteiger partial charge in [-0.2, -0.15) is 13.2 Å². The Morgan fingerprint density at radius 2 is 1.89 bits per heavy atom. The average molecular weight is 398 g/mol. The molecule has 10 heteroatoms. The summed E-state index contributed by atoms with van der Waals surface area (Å²) >= 11 is 0. The third-order valence-electron chi connectivity index (χ3n) is 4.60. The van der Waals surface area contributed by atoms with Gasteiger partial charge in [0.1, 0.15) is 0 Å². The van der Waals surface area contributed by atoms with Gasteiger partial charge in [0.15, 0.2) is 5.82 Å². The minimum Gasteiger partial charge on any atom is -0.378 e. The van der Waals surface area contributed by atoms with E-state index in [9.17, 15) is 23.1 Å². The summed E-state index contributed by atoms with van der Waals surface area (Å²) in [5.74, 6) is -1.61. The van der Waals surface area contributed by atoms with Crippen LogP contribution in [0.1, 0.15) is 12.2 Å². The van der Waals surface area contributed by atoms with Crippen molar-refractivity contribution in [2.24, 2.45) is 7.05 Å². The van der Waals surface area contributed by atoms with E-state index in [-0.39, 0.29) is 0 Å². The number of aryl methyl sites for hydroxylation is 1. The number of ether oxygens (including phenoxy) is 1. The molecule has 1 saturated heterocycles. The first kappa shape index (κ1) is 20.2. The molecule has 2 heterocycles. The number of carbonyl (C=O) groups excluding carboxylic acids is 1. The largest absolute Gasteiger partial charge is 0.425 e. The third kappa shape index (κ3) is 4.12. The molecule has 2 N–H and O–H groups in total. The predicted octanol–water partition coefficient (Wildman–Crippen LogP) is 2.04. The maximum absolute atomic E-state index is 13.5. The summed E-state index contributed by atoms with van der Waals surface area (Å²) in [4.78, 5) is 17.9. The van der Waals surface area contributed by atoms with Crippen molar-refractivity contribution in [1.82, 2.24) is 9.55 Å². The average Bonchev–Trinajstić information content (AvgIpc) is 3.08. The van der Waals surface area contributed by atoms with E-state index in [2.05, 4.69) is 15.2 Å². The van der Waals surface area contributed by atoms with Gasteiger partial charge in [0, 0.05) is 43.9 Å². The summed E-state index contributed by atoms with van der Waals surface area (Å²) < 4.78 is 46.8. The van der Waals surface area contributed by atoms with Crippen LogP contribution in [-0.4, -0.2) is 53.0 Å². The van der Waals surface area contributed by atoms with Crippen molar-refractivity contribution in [3.05, 3.63) is 42.5 Å². The van der Waals surface area contributed by atoms with E-state index >= 15 is 0 Å². The van der Waals surface area contributed by atoms with Crippen molar-refractivity contribution in [2.45, 2.75) is 18.2 Å². The molecule has 1 aliphatic heterocycles. The number of alkyl halides is 3. The van der Waals surface area contributed by atoms with Crippen LogP contribution in [0.2, 0.25) is 0 Å². The molecule has 1 fully saturated rings. The van der Waals surface area contributed by atoms with E-state index in [0.717, 1.165) is 29.5 Å². The number of halogens is 3. The zero-order chi connectivity index (χ0) is 20.4. The number of rotatable bonds is 5. The van der Waals surface area contributed by atoms with Crippen LogP contribution < -0.4 is 10.2 Å². The number of anilines is 2. The van der Waals surface area contributed by atoms with Gasteiger partial charge in [-0.05, 0) is 24.3 Å². The van der Waals surface area contributed by atoms with Crippen LogP contribution in [0.25, 0.3) is 0 Å². The molecule has 0 bridgehead atoms. The standard InChI is InChI=1S/C18H21F3N4O3/c1-24-7-6-22-16(24)17(27,18(19,20)21)12-15(26)23-13-2-4-14(5-3-13)25-8-10-28-11-9-25/h2-7,27H,8-12H2,1H3,(H,23,26). The lowest BCUT2D eigenvalue weighted by Crippen LogP contribution is -2.46. The van der Waals surface area contributed by atoms with Crippen LogP contribution in [-0.2, 0) is 22.2 Å². The van der Waals surface area contributed by atoms with Crippen LogP contribution in [0.4, 0.5) is 24.5 Å². The van der Waals surface area contributed by atoms with Crippen molar-refractivity contribution in [1.29, 1.82) is 0 Å². The Hall–Kier alpha value is -2.59. The van der Waals surface area contributed by atoms with Gasteiger partial charge in [0.25, 0.3) is 0 Å². The maximum atomic E-state index is 13.5. The number of imidazole rings is 1. The van der Waals surface area contributed by atoms with E-state index < -0.39 is 29.9 Å². The van der Waals surface area contributed by atoms with Crippen molar-refractivity contribution < 1.29 is 27.8 Å². The van der Waals surface area contributed by atoms with Gasteiger partial charge in [-0.3, -0.25) is 4.79 Å². The lowest BCUT2D eigenvalue weighted by Gasteiger charge is -2.29. The Kier molecular flexibility index (Phi) is 5.61. The second-order valence-corrected chi connectivity index (χ2v) is 6.59. The Balaban J connectivity index is 1.70. The Bertz CT molecular complexity index is 816. The molecule has 0 saturated carbocycles. The van der Waals surface area contributed by atoms with Gasteiger partial charge < -0.3 is 24.6 Å². The van der Waals surface area contributed by atoms with Crippen LogP contribution >= 0.6 is 0 Å². The number of amides is 1. The first-order chi connectivity index (χ1) is 13.2. The first-order valence-corrected chi connectivity index (χ1v) is 8.70. The summed E-state index contributed by atoms with van der Waals surface area (Å²) in [7, 11) is 1.32. The molecule has 0 radical (unpaired) electrons. The van der Waals surface area contributed by atoms with Crippen molar-refractivity contribution >= 4 is 17.3 Å². The number of aliphatic hydroxyl groups is 1. The van der Waals surface area contributed by atoms with Crippen LogP contribution in [0.5, 0.6) is 0 Å². The topological polar surface area (TPSA) is 79.6 Å². The smallest absolute Gasteiger partial charge is 0.378 e. The van der Waals surface area contributed by atoms with Gasteiger partial charge in [0.05, 0.1) is 19.6 Å². The number of aromatic nitrogens is 2. The number of nitrogens with zero attached hydrogens (tertiary/aromatic N) is 3. The fraction of sp³-hybridized carbons (Fsp3) is 0.444. The molecular formula is C18H21F3N4O3. The number of hydrogen-bond donors (Lipinski definition) is 2. The quantitative estimate of drug-likeness (QED) is 0.806. The van der Waals surface area contributed by atoms with Crippen molar-refractivity contribution in [3.8, 4) is 0 Å². The molecular weight excluding hydrogens is 377 g/mol.